The summed E-state index contributed by atoms with van der Waals surface area (Å²) in [6.45, 7) is 0.0886. The van der Waals surface area contributed by atoms with Gasteiger partial charge in [-0.1, -0.05) is 28.1 Å². The second-order valence-electron chi connectivity index (χ2n) is 6.68. The van der Waals surface area contributed by atoms with Gasteiger partial charge in [0.1, 0.15) is 5.76 Å². The number of non-ortho nitro benzene ring substituents is 1. The first-order valence-corrected chi connectivity index (χ1v) is 10.1. The summed E-state index contributed by atoms with van der Waals surface area (Å²) in [5.74, 6) is -2.06. The van der Waals surface area contributed by atoms with Crippen LogP contribution in [0.1, 0.15) is 17.2 Å². The third-order valence-corrected chi connectivity index (χ3v) is 5.32. The Bertz CT molecular complexity index is 1020. The maximum atomic E-state index is 12.8. The number of aliphatic hydroxyl groups excluding tert-OH is 2. The number of Topliss-reactive ketones (excluding diaryl/α,β-unsaturated/α-hetero) is 1. The van der Waals surface area contributed by atoms with Crippen LogP contribution in [0.4, 0.5) is 5.69 Å². The topological polar surface area (TPSA) is 130 Å². The fourth-order valence-corrected chi connectivity index (χ4v) is 3.59. The molecule has 0 bridgehead atoms. The second kappa shape index (κ2) is 9.82. The van der Waals surface area contributed by atoms with Crippen LogP contribution in [-0.2, 0) is 14.3 Å². The van der Waals surface area contributed by atoms with Gasteiger partial charge in [0.2, 0.25) is 0 Å². The fourth-order valence-electron chi connectivity index (χ4n) is 3.33. The number of ether oxygens (including phenoxy) is 1. The van der Waals surface area contributed by atoms with Crippen molar-refractivity contribution in [2.24, 2.45) is 0 Å². The SMILES string of the molecule is O=C1C(=O)N(CCOCCO)[C@@H](c2ccc(Br)cc2)/C1=C(\O)c1ccc([N+](=O)[O-])cc1. The molecule has 0 unspecified atom stereocenters. The lowest BCUT2D eigenvalue weighted by Crippen LogP contribution is -2.33. The summed E-state index contributed by atoms with van der Waals surface area (Å²) in [6.07, 6.45) is 0. The van der Waals surface area contributed by atoms with Crippen molar-refractivity contribution >= 4 is 39.1 Å². The Morgan fingerprint density at radius 3 is 2.32 bits per heavy atom. The van der Waals surface area contributed by atoms with Crippen molar-refractivity contribution in [3.8, 4) is 0 Å². The van der Waals surface area contributed by atoms with Crippen molar-refractivity contribution in [1.29, 1.82) is 0 Å². The van der Waals surface area contributed by atoms with E-state index in [4.69, 9.17) is 9.84 Å². The van der Waals surface area contributed by atoms with E-state index in [1.807, 2.05) is 0 Å². The number of likely N-dealkylation sites (tertiary alicyclic amines) is 1. The zero-order valence-corrected chi connectivity index (χ0v) is 17.8. The van der Waals surface area contributed by atoms with Gasteiger partial charge in [-0.3, -0.25) is 19.7 Å². The summed E-state index contributed by atoms with van der Waals surface area (Å²) in [4.78, 5) is 37.2. The van der Waals surface area contributed by atoms with E-state index >= 15 is 0 Å². The van der Waals surface area contributed by atoms with Crippen molar-refractivity contribution in [3.63, 3.8) is 0 Å². The van der Waals surface area contributed by atoms with Crippen LogP contribution >= 0.6 is 15.9 Å². The number of aliphatic hydroxyl groups is 2. The lowest BCUT2D eigenvalue weighted by atomic mass is 9.95. The average Bonchev–Trinajstić information content (AvgIpc) is 3.01. The maximum absolute atomic E-state index is 12.8. The molecule has 0 aromatic heterocycles. The Balaban J connectivity index is 2.05. The van der Waals surface area contributed by atoms with Crippen molar-refractivity contribution < 1.29 is 29.5 Å². The van der Waals surface area contributed by atoms with E-state index in [0.717, 1.165) is 4.47 Å². The van der Waals surface area contributed by atoms with Gasteiger partial charge >= 0.3 is 0 Å². The van der Waals surface area contributed by atoms with E-state index in [1.165, 1.54) is 29.2 Å². The van der Waals surface area contributed by atoms with Gasteiger partial charge in [0.05, 0.1) is 36.4 Å². The van der Waals surface area contributed by atoms with Crippen molar-refractivity contribution in [2.45, 2.75) is 6.04 Å². The zero-order chi connectivity index (χ0) is 22.5. The van der Waals surface area contributed by atoms with Gasteiger partial charge in [-0.05, 0) is 29.8 Å². The molecule has 1 amide bonds. The fraction of sp³-hybridized carbons (Fsp3) is 0.238. The van der Waals surface area contributed by atoms with Crippen LogP contribution in [0, 0.1) is 10.1 Å². The highest BCUT2D eigenvalue weighted by Crippen LogP contribution is 2.39. The van der Waals surface area contributed by atoms with Gasteiger partial charge in [0, 0.05) is 28.7 Å². The van der Waals surface area contributed by atoms with E-state index in [-0.39, 0.29) is 43.2 Å². The molecule has 0 radical (unpaired) electrons. The highest BCUT2D eigenvalue weighted by molar-refractivity contribution is 9.10. The number of amides is 1. The standard InChI is InChI=1S/C21H19BrN2O7/c22-15-5-1-13(2-6-15)18-17(19(26)14-3-7-16(8-4-14)24(29)30)20(27)21(28)23(18)9-11-31-12-10-25/h1-8,18,25-26H,9-12H2/b19-17+/t18-/m0/s1. The number of nitrogens with zero attached hydrogens (tertiary/aromatic N) is 2. The highest BCUT2D eigenvalue weighted by atomic mass is 79.9. The number of benzene rings is 2. The van der Waals surface area contributed by atoms with Crippen molar-refractivity contribution in [2.75, 3.05) is 26.4 Å². The van der Waals surface area contributed by atoms with Crippen molar-refractivity contribution in [3.05, 3.63) is 79.8 Å². The second-order valence-corrected chi connectivity index (χ2v) is 7.60. The van der Waals surface area contributed by atoms with Crippen LogP contribution in [0.3, 0.4) is 0 Å². The third kappa shape index (κ3) is 4.82. The molecule has 2 aromatic rings. The van der Waals surface area contributed by atoms with Gasteiger partial charge in [-0.25, -0.2) is 0 Å². The van der Waals surface area contributed by atoms with Crippen LogP contribution in [0.2, 0.25) is 0 Å². The molecule has 1 saturated heterocycles. The van der Waals surface area contributed by atoms with Crippen LogP contribution in [-0.4, -0.2) is 58.1 Å². The van der Waals surface area contributed by atoms with Gasteiger partial charge in [0.25, 0.3) is 17.4 Å². The van der Waals surface area contributed by atoms with E-state index in [1.54, 1.807) is 24.3 Å². The summed E-state index contributed by atoms with van der Waals surface area (Å²) >= 11 is 3.34. The molecule has 9 nitrogen and oxygen atoms in total. The Labute approximate surface area is 185 Å². The smallest absolute Gasteiger partial charge is 0.295 e. The Morgan fingerprint density at radius 1 is 1.10 bits per heavy atom. The molecule has 162 valence electrons. The summed E-state index contributed by atoms with van der Waals surface area (Å²) in [5, 5.41) is 30.6. The van der Waals surface area contributed by atoms with Gasteiger partial charge in [0.15, 0.2) is 0 Å². The molecule has 2 N–H and O–H groups in total. The van der Waals surface area contributed by atoms with Crippen LogP contribution in [0.15, 0.2) is 58.6 Å². The van der Waals surface area contributed by atoms with Crippen LogP contribution < -0.4 is 0 Å². The summed E-state index contributed by atoms with van der Waals surface area (Å²) in [5.41, 5.74) is 0.515. The third-order valence-electron chi connectivity index (χ3n) is 4.79. The highest BCUT2D eigenvalue weighted by Gasteiger charge is 2.45. The van der Waals surface area contributed by atoms with Crippen LogP contribution in [0.25, 0.3) is 5.76 Å². The molecular formula is C21H19BrN2O7. The quantitative estimate of drug-likeness (QED) is 0.145. The number of ketones is 1. The molecule has 2 aromatic carbocycles. The number of hydrogen-bond acceptors (Lipinski definition) is 7. The molecule has 31 heavy (non-hydrogen) atoms. The minimum Gasteiger partial charge on any atom is -0.507 e. The number of carbonyl (C=O) groups is 2. The molecule has 1 fully saturated rings. The molecule has 1 aliphatic heterocycles. The number of carbonyl (C=O) groups excluding carboxylic acids is 2. The van der Waals surface area contributed by atoms with Gasteiger partial charge in [-0.2, -0.15) is 0 Å². The number of halogens is 1. The lowest BCUT2D eigenvalue weighted by Gasteiger charge is -2.25. The molecule has 1 aliphatic rings. The number of rotatable bonds is 8. The summed E-state index contributed by atoms with van der Waals surface area (Å²) in [7, 11) is 0. The monoisotopic (exact) mass is 490 g/mol. The van der Waals surface area contributed by atoms with Gasteiger partial charge in [-0.15, -0.1) is 0 Å². The normalized spacial score (nSPS) is 17.9. The number of hydrogen-bond donors (Lipinski definition) is 2. The molecule has 10 heteroatoms. The molecule has 0 spiro atoms. The molecule has 1 atom stereocenters. The summed E-state index contributed by atoms with van der Waals surface area (Å²) in [6, 6.07) is 11.2. The maximum Gasteiger partial charge on any atom is 0.295 e. The first kappa shape index (κ1) is 22.6. The van der Waals surface area contributed by atoms with E-state index in [2.05, 4.69) is 15.9 Å². The van der Waals surface area contributed by atoms with Gasteiger partial charge < -0.3 is 19.8 Å². The van der Waals surface area contributed by atoms with E-state index < -0.39 is 28.4 Å². The number of nitro benzene ring substituents is 1. The largest absolute Gasteiger partial charge is 0.507 e. The predicted molar refractivity (Wildman–Crippen MR) is 114 cm³/mol. The first-order chi connectivity index (χ1) is 14.8. The Hall–Kier alpha value is -3.08. The first-order valence-electron chi connectivity index (χ1n) is 9.32. The molecule has 0 saturated carbocycles. The van der Waals surface area contributed by atoms with Crippen molar-refractivity contribution in [1.82, 2.24) is 4.90 Å². The molecule has 3 rings (SSSR count). The molecule has 1 heterocycles. The lowest BCUT2D eigenvalue weighted by molar-refractivity contribution is -0.384. The average molecular weight is 491 g/mol. The predicted octanol–water partition coefficient (Wildman–Crippen LogP) is 2.79. The zero-order valence-electron chi connectivity index (χ0n) is 16.2. The Morgan fingerprint density at radius 2 is 1.74 bits per heavy atom. The van der Waals surface area contributed by atoms with Crippen LogP contribution in [0.5, 0.6) is 0 Å². The molecular weight excluding hydrogens is 472 g/mol. The molecule has 0 aliphatic carbocycles. The van der Waals surface area contributed by atoms with E-state index in [9.17, 15) is 24.8 Å². The minimum absolute atomic E-state index is 0.0718. The summed E-state index contributed by atoms with van der Waals surface area (Å²) < 4.78 is 6.04. The number of nitro groups is 1. The minimum atomic E-state index is -0.860. The Kier molecular flexibility index (Phi) is 7.16. The van der Waals surface area contributed by atoms with E-state index in [0.29, 0.717) is 5.56 Å².